The van der Waals surface area contributed by atoms with Crippen molar-refractivity contribution in [1.82, 2.24) is 14.8 Å². The smallest absolute Gasteiger partial charge is 0.248 e. The van der Waals surface area contributed by atoms with E-state index in [9.17, 15) is 13.2 Å². The molecular formula is C23H31N3O5S. The maximum absolute atomic E-state index is 13.5. The Kier molecular flexibility index (Phi) is 7.15. The number of piperidine rings is 1. The zero-order chi connectivity index (χ0) is 22.6. The quantitative estimate of drug-likeness (QED) is 0.652. The van der Waals surface area contributed by atoms with Gasteiger partial charge in [-0.15, -0.1) is 0 Å². The number of rotatable bonds is 6. The van der Waals surface area contributed by atoms with Gasteiger partial charge >= 0.3 is 0 Å². The third-order valence-corrected chi connectivity index (χ3v) is 8.35. The molecule has 1 aliphatic carbocycles. The van der Waals surface area contributed by atoms with E-state index >= 15 is 0 Å². The summed E-state index contributed by atoms with van der Waals surface area (Å²) < 4.78 is 38.9. The lowest BCUT2D eigenvalue weighted by Gasteiger charge is -2.32. The molecule has 1 N–H and O–H groups in total. The normalized spacial score (nSPS) is 21.6. The summed E-state index contributed by atoms with van der Waals surface area (Å²) in [6.45, 7) is 2.16. The SMILES string of the molecule is Cc1noc(/C=C/c2ccco2)c1S(=O)(=O)N1CCC[C@@H](C(=O)NC2CCCCCC2)C1. The fourth-order valence-corrected chi connectivity index (χ4v) is 6.36. The number of hydrogen-bond acceptors (Lipinski definition) is 6. The highest BCUT2D eigenvalue weighted by Crippen LogP contribution is 2.29. The summed E-state index contributed by atoms with van der Waals surface area (Å²) in [5.74, 6) is 0.361. The number of sulfonamides is 1. The first-order chi connectivity index (χ1) is 15.4. The second kappa shape index (κ2) is 10.0. The number of carbonyl (C=O) groups excluding carboxylic acids is 1. The molecule has 2 aromatic heterocycles. The summed E-state index contributed by atoms with van der Waals surface area (Å²) in [5.41, 5.74) is 0.300. The first kappa shape index (κ1) is 22.8. The molecule has 1 saturated carbocycles. The van der Waals surface area contributed by atoms with Gasteiger partial charge in [0.1, 0.15) is 11.5 Å². The van der Waals surface area contributed by atoms with Gasteiger partial charge in [-0.25, -0.2) is 8.42 Å². The molecule has 0 spiro atoms. The van der Waals surface area contributed by atoms with Crippen LogP contribution in [0.2, 0.25) is 0 Å². The molecule has 2 aromatic rings. The summed E-state index contributed by atoms with van der Waals surface area (Å²) in [4.78, 5) is 13.0. The van der Waals surface area contributed by atoms with Crippen molar-refractivity contribution in [1.29, 1.82) is 0 Å². The van der Waals surface area contributed by atoms with Gasteiger partial charge in [-0.3, -0.25) is 4.79 Å². The molecule has 4 rings (SSSR count). The van der Waals surface area contributed by atoms with E-state index in [2.05, 4.69) is 10.5 Å². The van der Waals surface area contributed by atoms with Crippen LogP contribution in [-0.4, -0.2) is 42.9 Å². The largest absolute Gasteiger partial charge is 0.465 e. The second-order valence-corrected chi connectivity index (χ2v) is 10.6. The Balaban J connectivity index is 1.48. The van der Waals surface area contributed by atoms with Crippen LogP contribution in [0.3, 0.4) is 0 Å². The lowest BCUT2D eigenvalue weighted by molar-refractivity contribution is -0.126. The molecule has 1 amide bonds. The molecule has 2 fully saturated rings. The third kappa shape index (κ3) is 5.15. The monoisotopic (exact) mass is 461 g/mol. The zero-order valence-corrected chi connectivity index (χ0v) is 19.3. The van der Waals surface area contributed by atoms with Crippen LogP contribution < -0.4 is 5.32 Å². The van der Waals surface area contributed by atoms with Gasteiger partial charge in [0.05, 0.1) is 12.2 Å². The Morgan fingerprint density at radius 3 is 2.66 bits per heavy atom. The molecule has 8 nitrogen and oxygen atoms in total. The molecule has 1 atom stereocenters. The van der Waals surface area contributed by atoms with Crippen LogP contribution in [-0.2, 0) is 14.8 Å². The van der Waals surface area contributed by atoms with Crippen LogP contribution in [0.1, 0.15) is 68.6 Å². The van der Waals surface area contributed by atoms with Gasteiger partial charge in [0.15, 0.2) is 10.7 Å². The van der Waals surface area contributed by atoms with Crippen LogP contribution in [0.25, 0.3) is 12.2 Å². The lowest BCUT2D eigenvalue weighted by Crippen LogP contribution is -2.47. The summed E-state index contributed by atoms with van der Waals surface area (Å²) in [6, 6.07) is 3.71. The van der Waals surface area contributed by atoms with Gasteiger partial charge in [0.25, 0.3) is 0 Å². The van der Waals surface area contributed by atoms with Crippen molar-refractivity contribution < 1.29 is 22.2 Å². The van der Waals surface area contributed by atoms with Gasteiger partial charge in [0, 0.05) is 19.1 Å². The molecular weight excluding hydrogens is 430 g/mol. The molecule has 1 aliphatic heterocycles. The second-order valence-electron chi connectivity index (χ2n) is 8.71. The molecule has 2 aliphatic rings. The predicted octanol–water partition coefficient (Wildman–Crippen LogP) is 3.99. The summed E-state index contributed by atoms with van der Waals surface area (Å²) in [7, 11) is -3.86. The van der Waals surface area contributed by atoms with Crippen LogP contribution in [0.5, 0.6) is 0 Å². The van der Waals surface area contributed by atoms with E-state index in [1.165, 1.54) is 23.4 Å². The van der Waals surface area contributed by atoms with E-state index in [1.807, 2.05) is 0 Å². The highest BCUT2D eigenvalue weighted by atomic mass is 32.2. The molecule has 0 unspecified atom stereocenters. The van der Waals surface area contributed by atoms with Crippen molar-refractivity contribution >= 4 is 28.1 Å². The maximum atomic E-state index is 13.5. The van der Waals surface area contributed by atoms with Crippen LogP contribution in [0, 0.1) is 12.8 Å². The number of hydrogen-bond donors (Lipinski definition) is 1. The molecule has 9 heteroatoms. The van der Waals surface area contributed by atoms with Crippen molar-refractivity contribution in [3.05, 3.63) is 35.6 Å². The lowest BCUT2D eigenvalue weighted by atomic mass is 9.97. The molecule has 0 radical (unpaired) electrons. The highest BCUT2D eigenvalue weighted by molar-refractivity contribution is 7.89. The summed E-state index contributed by atoms with van der Waals surface area (Å²) >= 11 is 0. The Morgan fingerprint density at radius 2 is 1.94 bits per heavy atom. The molecule has 32 heavy (non-hydrogen) atoms. The minimum atomic E-state index is -3.86. The number of nitrogens with zero attached hydrogens (tertiary/aromatic N) is 2. The van der Waals surface area contributed by atoms with Gasteiger partial charge < -0.3 is 14.3 Å². The number of aryl methyl sites for hydroxylation is 1. The number of amides is 1. The third-order valence-electron chi connectivity index (χ3n) is 6.33. The molecule has 3 heterocycles. The van der Waals surface area contributed by atoms with Gasteiger partial charge in [0.2, 0.25) is 15.9 Å². The fraction of sp³-hybridized carbons (Fsp3) is 0.565. The average molecular weight is 462 g/mol. The van der Waals surface area contributed by atoms with Gasteiger partial charge in [-0.1, -0.05) is 30.8 Å². The first-order valence-electron chi connectivity index (χ1n) is 11.4. The highest BCUT2D eigenvalue weighted by Gasteiger charge is 2.37. The maximum Gasteiger partial charge on any atom is 0.248 e. The first-order valence-corrected chi connectivity index (χ1v) is 12.9. The minimum absolute atomic E-state index is 0.0308. The predicted molar refractivity (Wildman–Crippen MR) is 120 cm³/mol. The molecule has 0 bridgehead atoms. The van der Waals surface area contributed by atoms with Crippen LogP contribution in [0.4, 0.5) is 0 Å². The van der Waals surface area contributed by atoms with E-state index in [-0.39, 0.29) is 35.1 Å². The van der Waals surface area contributed by atoms with E-state index in [4.69, 9.17) is 8.94 Å². The molecule has 0 aromatic carbocycles. The van der Waals surface area contributed by atoms with Crippen molar-refractivity contribution in [3.8, 4) is 0 Å². The van der Waals surface area contributed by atoms with Gasteiger partial charge in [-0.05, 0) is 56.9 Å². The topological polar surface area (TPSA) is 106 Å². The molecule has 174 valence electrons. The fourth-order valence-electron chi connectivity index (χ4n) is 4.59. The zero-order valence-electron chi connectivity index (χ0n) is 18.5. The van der Waals surface area contributed by atoms with E-state index < -0.39 is 10.0 Å². The van der Waals surface area contributed by atoms with Crippen LogP contribution >= 0.6 is 0 Å². The number of nitrogens with one attached hydrogen (secondary N) is 1. The Morgan fingerprint density at radius 1 is 1.16 bits per heavy atom. The van der Waals surface area contributed by atoms with Gasteiger partial charge in [-0.2, -0.15) is 4.31 Å². The number of carbonyl (C=O) groups is 1. The van der Waals surface area contributed by atoms with Crippen molar-refractivity contribution in [2.45, 2.75) is 69.2 Å². The Hall–Kier alpha value is -2.39. The summed E-state index contributed by atoms with van der Waals surface area (Å²) in [5, 5.41) is 7.06. The van der Waals surface area contributed by atoms with E-state index in [1.54, 1.807) is 31.2 Å². The Labute approximate surface area is 189 Å². The van der Waals surface area contributed by atoms with E-state index in [0.29, 0.717) is 30.8 Å². The van der Waals surface area contributed by atoms with Crippen LogP contribution in [0.15, 0.2) is 32.2 Å². The minimum Gasteiger partial charge on any atom is -0.465 e. The van der Waals surface area contributed by atoms with Crippen molar-refractivity contribution in [2.75, 3.05) is 13.1 Å². The standard InChI is InChI=1S/C23H31N3O5S/c1-17-22(21(31-25-17)13-12-20-11-7-15-30-20)32(28,29)26-14-6-8-18(16-26)23(27)24-19-9-4-2-3-5-10-19/h7,11-13,15,18-19H,2-6,8-10,14,16H2,1H3,(H,24,27)/b13-12+/t18-/m1/s1. The molecule has 1 saturated heterocycles. The van der Waals surface area contributed by atoms with Crippen molar-refractivity contribution in [3.63, 3.8) is 0 Å². The average Bonchev–Trinajstić information content (AvgIpc) is 3.36. The number of furan rings is 1. The van der Waals surface area contributed by atoms with Crippen molar-refractivity contribution in [2.24, 2.45) is 5.92 Å². The summed E-state index contributed by atoms with van der Waals surface area (Å²) in [6.07, 6.45) is 12.8. The number of aromatic nitrogens is 1. The van der Waals surface area contributed by atoms with E-state index in [0.717, 1.165) is 25.7 Å². The Bertz CT molecular complexity index is 1030.